The SMILES string of the molecule is Cc1ccccc1SCC(=O)N1CC2CCC(O)C2C1. The first-order valence-corrected chi connectivity index (χ1v) is 8.28. The molecule has 3 rings (SSSR count). The summed E-state index contributed by atoms with van der Waals surface area (Å²) in [6.07, 6.45) is 1.79. The molecular formula is C16H21NO2S. The van der Waals surface area contributed by atoms with Crippen LogP contribution in [0.15, 0.2) is 29.2 Å². The number of nitrogens with zero attached hydrogens (tertiary/aromatic N) is 1. The molecule has 3 unspecified atom stereocenters. The van der Waals surface area contributed by atoms with Gasteiger partial charge in [0.15, 0.2) is 0 Å². The molecule has 3 atom stereocenters. The zero-order chi connectivity index (χ0) is 14.1. The maximum Gasteiger partial charge on any atom is 0.232 e. The van der Waals surface area contributed by atoms with Crippen molar-refractivity contribution in [1.82, 2.24) is 4.90 Å². The zero-order valence-corrected chi connectivity index (χ0v) is 12.6. The van der Waals surface area contributed by atoms with Gasteiger partial charge in [-0.2, -0.15) is 0 Å². The molecule has 0 aromatic heterocycles. The van der Waals surface area contributed by atoms with Crippen LogP contribution < -0.4 is 0 Å². The normalized spacial score (nSPS) is 28.7. The van der Waals surface area contributed by atoms with Crippen molar-refractivity contribution in [3.63, 3.8) is 0 Å². The Morgan fingerprint density at radius 2 is 2.15 bits per heavy atom. The van der Waals surface area contributed by atoms with Crippen molar-refractivity contribution < 1.29 is 9.90 Å². The summed E-state index contributed by atoms with van der Waals surface area (Å²) < 4.78 is 0. The summed E-state index contributed by atoms with van der Waals surface area (Å²) in [5.41, 5.74) is 1.22. The molecule has 1 heterocycles. The summed E-state index contributed by atoms with van der Waals surface area (Å²) in [6, 6.07) is 8.17. The molecule has 1 aliphatic carbocycles. The van der Waals surface area contributed by atoms with E-state index in [9.17, 15) is 9.90 Å². The number of likely N-dealkylation sites (tertiary alicyclic amines) is 1. The first kappa shape index (κ1) is 14.0. The van der Waals surface area contributed by atoms with Crippen LogP contribution in [-0.2, 0) is 4.79 Å². The van der Waals surface area contributed by atoms with E-state index in [4.69, 9.17) is 0 Å². The van der Waals surface area contributed by atoms with Crippen LogP contribution in [-0.4, -0.2) is 40.9 Å². The Kier molecular flexibility index (Phi) is 4.03. The molecule has 1 amide bonds. The van der Waals surface area contributed by atoms with Gasteiger partial charge in [0, 0.05) is 23.9 Å². The average molecular weight is 291 g/mol. The van der Waals surface area contributed by atoms with Gasteiger partial charge in [-0.25, -0.2) is 0 Å². The molecule has 2 aliphatic rings. The average Bonchev–Trinajstić information content (AvgIpc) is 3.00. The van der Waals surface area contributed by atoms with E-state index >= 15 is 0 Å². The van der Waals surface area contributed by atoms with Crippen molar-refractivity contribution in [2.45, 2.75) is 30.8 Å². The second kappa shape index (κ2) is 5.78. The highest BCUT2D eigenvalue weighted by Crippen LogP contribution is 2.38. The predicted molar refractivity (Wildman–Crippen MR) is 80.7 cm³/mol. The van der Waals surface area contributed by atoms with Gasteiger partial charge in [-0.15, -0.1) is 11.8 Å². The minimum Gasteiger partial charge on any atom is -0.393 e. The molecule has 108 valence electrons. The minimum atomic E-state index is -0.193. The number of carbonyl (C=O) groups is 1. The highest BCUT2D eigenvalue weighted by atomic mass is 32.2. The van der Waals surface area contributed by atoms with E-state index in [1.807, 2.05) is 17.0 Å². The molecule has 20 heavy (non-hydrogen) atoms. The van der Waals surface area contributed by atoms with Crippen molar-refractivity contribution in [3.8, 4) is 0 Å². The lowest BCUT2D eigenvalue weighted by Crippen LogP contribution is -2.32. The maximum absolute atomic E-state index is 12.3. The van der Waals surface area contributed by atoms with Crippen LogP contribution in [0.2, 0.25) is 0 Å². The molecule has 3 nitrogen and oxygen atoms in total. The Labute approximate surface area is 124 Å². The lowest BCUT2D eigenvalue weighted by Gasteiger charge is -2.18. The van der Waals surface area contributed by atoms with E-state index < -0.39 is 0 Å². The first-order valence-electron chi connectivity index (χ1n) is 7.29. The molecule has 0 spiro atoms. The van der Waals surface area contributed by atoms with Gasteiger partial charge >= 0.3 is 0 Å². The standard InChI is InChI=1S/C16H21NO2S/c1-11-4-2-3-5-15(11)20-10-16(19)17-8-12-6-7-14(18)13(12)9-17/h2-5,12-14,18H,6-10H2,1H3. The molecule has 1 N–H and O–H groups in total. The van der Waals surface area contributed by atoms with Gasteiger partial charge in [-0.3, -0.25) is 4.79 Å². The van der Waals surface area contributed by atoms with Gasteiger partial charge in [0.25, 0.3) is 0 Å². The number of fused-ring (bicyclic) bond motifs is 1. The second-order valence-corrected chi connectivity index (χ2v) is 6.94. The number of hydrogen-bond acceptors (Lipinski definition) is 3. The van der Waals surface area contributed by atoms with Gasteiger partial charge in [0.2, 0.25) is 5.91 Å². The van der Waals surface area contributed by atoms with Gasteiger partial charge < -0.3 is 10.0 Å². The fraction of sp³-hybridized carbons (Fsp3) is 0.562. The van der Waals surface area contributed by atoms with Crippen molar-refractivity contribution in [2.75, 3.05) is 18.8 Å². The Morgan fingerprint density at radius 3 is 2.90 bits per heavy atom. The summed E-state index contributed by atoms with van der Waals surface area (Å²) in [4.78, 5) is 15.4. The summed E-state index contributed by atoms with van der Waals surface area (Å²) in [5.74, 6) is 1.56. The quantitative estimate of drug-likeness (QED) is 0.869. The van der Waals surface area contributed by atoms with E-state index in [2.05, 4.69) is 19.1 Å². The topological polar surface area (TPSA) is 40.5 Å². The fourth-order valence-corrected chi connectivity index (χ4v) is 4.32. The molecule has 2 fully saturated rings. The maximum atomic E-state index is 12.3. The van der Waals surface area contributed by atoms with E-state index in [0.717, 1.165) is 25.9 Å². The number of carbonyl (C=O) groups excluding carboxylic acids is 1. The zero-order valence-electron chi connectivity index (χ0n) is 11.8. The predicted octanol–water partition coefficient (Wildman–Crippen LogP) is 2.32. The molecule has 1 saturated heterocycles. The van der Waals surface area contributed by atoms with E-state index in [1.165, 1.54) is 10.5 Å². The largest absolute Gasteiger partial charge is 0.393 e. The molecule has 1 aromatic rings. The van der Waals surface area contributed by atoms with Crippen LogP contribution in [0.3, 0.4) is 0 Å². The van der Waals surface area contributed by atoms with Crippen molar-refractivity contribution in [3.05, 3.63) is 29.8 Å². The summed E-state index contributed by atoms with van der Waals surface area (Å²) >= 11 is 1.62. The van der Waals surface area contributed by atoms with Gasteiger partial charge in [0.1, 0.15) is 0 Å². The number of hydrogen-bond donors (Lipinski definition) is 1. The Morgan fingerprint density at radius 1 is 1.35 bits per heavy atom. The Balaban J connectivity index is 1.55. The van der Waals surface area contributed by atoms with E-state index in [1.54, 1.807) is 11.8 Å². The van der Waals surface area contributed by atoms with Gasteiger partial charge in [0.05, 0.1) is 11.9 Å². The third-order valence-electron chi connectivity index (χ3n) is 4.62. The van der Waals surface area contributed by atoms with Crippen LogP contribution in [0.25, 0.3) is 0 Å². The van der Waals surface area contributed by atoms with E-state index in [-0.39, 0.29) is 12.0 Å². The number of benzene rings is 1. The number of aliphatic hydroxyl groups excluding tert-OH is 1. The molecule has 1 aliphatic heterocycles. The summed E-state index contributed by atoms with van der Waals surface area (Å²) in [5, 5.41) is 9.90. The van der Waals surface area contributed by atoms with Crippen LogP contribution in [0.5, 0.6) is 0 Å². The number of amides is 1. The lowest BCUT2D eigenvalue weighted by atomic mass is 10.00. The van der Waals surface area contributed by atoms with Crippen LogP contribution in [0.1, 0.15) is 18.4 Å². The molecular weight excluding hydrogens is 270 g/mol. The number of aliphatic hydroxyl groups is 1. The van der Waals surface area contributed by atoms with Gasteiger partial charge in [-0.1, -0.05) is 18.2 Å². The van der Waals surface area contributed by atoms with Crippen molar-refractivity contribution in [2.24, 2.45) is 11.8 Å². The summed E-state index contributed by atoms with van der Waals surface area (Å²) in [6.45, 7) is 3.66. The number of thioether (sulfide) groups is 1. The molecule has 1 aromatic carbocycles. The molecule has 0 bridgehead atoms. The van der Waals surface area contributed by atoms with Crippen molar-refractivity contribution in [1.29, 1.82) is 0 Å². The fourth-order valence-electron chi connectivity index (χ4n) is 3.39. The van der Waals surface area contributed by atoms with Gasteiger partial charge in [-0.05, 0) is 37.3 Å². The lowest BCUT2D eigenvalue weighted by molar-refractivity contribution is -0.127. The number of aryl methyl sites for hydroxylation is 1. The Bertz CT molecular complexity index is 505. The molecule has 0 radical (unpaired) electrons. The second-order valence-electron chi connectivity index (χ2n) is 5.92. The Hall–Kier alpha value is -1.00. The number of rotatable bonds is 3. The molecule has 1 saturated carbocycles. The first-order chi connectivity index (χ1) is 9.65. The van der Waals surface area contributed by atoms with Crippen molar-refractivity contribution >= 4 is 17.7 Å². The monoisotopic (exact) mass is 291 g/mol. The molecule has 4 heteroatoms. The smallest absolute Gasteiger partial charge is 0.232 e. The summed E-state index contributed by atoms with van der Waals surface area (Å²) in [7, 11) is 0. The highest BCUT2D eigenvalue weighted by Gasteiger charge is 2.43. The highest BCUT2D eigenvalue weighted by molar-refractivity contribution is 8.00. The minimum absolute atomic E-state index is 0.193. The third-order valence-corrected chi connectivity index (χ3v) is 5.78. The van der Waals surface area contributed by atoms with Crippen LogP contribution in [0, 0.1) is 18.8 Å². The van der Waals surface area contributed by atoms with Crippen LogP contribution in [0.4, 0.5) is 0 Å². The van der Waals surface area contributed by atoms with Crippen LogP contribution >= 0.6 is 11.8 Å². The van der Waals surface area contributed by atoms with E-state index in [0.29, 0.717) is 17.6 Å². The third kappa shape index (κ3) is 2.72.